The Morgan fingerprint density at radius 2 is 1.79 bits per heavy atom. The van der Waals surface area contributed by atoms with Crippen LogP contribution in [0.25, 0.3) is 0 Å². The molecule has 0 N–H and O–H groups in total. The second-order valence-electron chi connectivity index (χ2n) is 6.14. The van der Waals surface area contributed by atoms with Crippen LogP contribution < -0.4 is 18.9 Å². The van der Waals surface area contributed by atoms with Crippen LogP contribution in [0.4, 0.5) is 0 Å². The van der Waals surface area contributed by atoms with Crippen LogP contribution in [0.5, 0.6) is 23.0 Å². The van der Waals surface area contributed by atoms with Gasteiger partial charge in [0.1, 0.15) is 12.4 Å². The van der Waals surface area contributed by atoms with Gasteiger partial charge in [0.25, 0.3) is 5.91 Å². The molecule has 28 heavy (non-hydrogen) atoms. The number of esters is 1. The first-order chi connectivity index (χ1) is 13.5. The summed E-state index contributed by atoms with van der Waals surface area (Å²) in [6.07, 6.45) is -0.396. The Morgan fingerprint density at radius 1 is 1.07 bits per heavy atom. The molecule has 0 saturated heterocycles. The summed E-state index contributed by atoms with van der Waals surface area (Å²) < 4.78 is 22.7. The molecule has 2 aromatic carbocycles. The Hall–Kier alpha value is -3.22. The third kappa shape index (κ3) is 4.03. The highest BCUT2D eigenvalue weighted by atomic mass is 16.6. The Bertz CT molecular complexity index is 866. The highest BCUT2D eigenvalue weighted by Gasteiger charge is 2.31. The Balaban J connectivity index is 1.80. The second kappa shape index (κ2) is 8.65. The quantitative estimate of drug-likeness (QED) is 0.538. The highest BCUT2D eigenvalue weighted by molar-refractivity contribution is 5.97. The van der Waals surface area contributed by atoms with Crippen LogP contribution in [0, 0.1) is 0 Å². The van der Waals surface area contributed by atoms with E-state index in [-0.39, 0.29) is 24.7 Å². The van der Waals surface area contributed by atoms with E-state index in [4.69, 9.17) is 18.9 Å². The van der Waals surface area contributed by atoms with E-state index < -0.39 is 12.2 Å². The maximum absolute atomic E-state index is 12.5. The van der Waals surface area contributed by atoms with Crippen molar-refractivity contribution in [1.29, 1.82) is 0 Å². The summed E-state index contributed by atoms with van der Waals surface area (Å²) in [6.45, 7) is 4.02. The number of likely N-dealkylation sites (N-methyl/N-ethyl adjacent to an activating group) is 1. The first-order valence-electron chi connectivity index (χ1n) is 9.17. The summed E-state index contributed by atoms with van der Waals surface area (Å²) in [4.78, 5) is 25.8. The van der Waals surface area contributed by atoms with E-state index in [1.165, 1.54) is 4.90 Å². The number of ether oxygens (including phenoxy) is 4. The van der Waals surface area contributed by atoms with Crippen LogP contribution in [-0.2, 0) is 4.79 Å². The fourth-order valence-corrected chi connectivity index (χ4v) is 2.76. The summed E-state index contributed by atoms with van der Waals surface area (Å²) in [5, 5.41) is 0. The third-order valence-electron chi connectivity index (χ3n) is 4.26. The molecule has 0 saturated carbocycles. The molecule has 0 bridgehead atoms. The molecule has 1 aliphatic rings. The minimum Gasteiger partial charge on any atom is -0.490 e. The van der Waals surface area contributed by atoms with Gasteiger partial charge in [0.2, 0.25) is 12.0 Å². The molecule has 0 fully saturated rings. The van der Waals surface area contributed by atoms with Gasteiger partial charge in [0.05, 0.1) is 12.2 Å². The number of para-hydroxylation sites is 2. The number of benzene rings is 2. The van der Waals surface area contributed by atoms with Crippen molar-refractivity contribution in [3.8, 4) is 23.0 Å². The van der Waals surface area contributed by atoms with Gasteiger partial charge in [-0.2, -0.15) is 0 Å². The van der Waals surface area contributed by atoms with E-state index >= 15 is 0 Å². The second-order valence-corrected chi connectivity index (χ2v) is 6.14. The molecule has 148 valence electrons. The van der Waals surface area contributed by atoms with Crippen molar-refractivity contribution >= 4 is 11.9 Å². The van der Waals surface area contributed by atoms with Gasteiger partial charge in [-0.1, -0.05) is 25.1 Å². The monoisotopic (exact) mass is 385 g/mol. The van der Waals surface area contributed by atoms with E-state index in [1.54, 1.807) is 50.4 Å². The zero-order chi connectivity index (χ0) is 20.1. The summed E-state index contributed by atoms with van der Waals surface area (Å²) in [5.74, 6) is 0.960. The van der Waals surface area contributed by atoms with Crippen LogP contribution in [0.15, 0.2) is 42.5 Å². The number of hydrogen-bond acceptors (Lipinski definition) is 6. The van der Waals surface area contributed by atoms with Gasteiger partial charge < -0.3 is 23.8 Å². The summed E-state index contributed by atoms with van der Waals surface area (Å²) >= 11 is 0. The van der Waals surface area contributed by atoms with Gasteiger partial charge in [0, 0.05) is 13.5 Å². The van der Waals surface area contributed by atoms with Crippen molar-refractivity contribution in [2.45, 2.75) is 26.5 Å². The van der Waals surface area contributed by atoms with Crippen LogP contribution >= 0.6 is 0 Å². The predicted molar refractivity (Wildman–Crippen MR) is 102 cm³/mol. The number of fused-ring (bicyclic) bond motifs is 1. The van der Waals surface area contributed by atoms with Gasteiger partial charge in [-0.3, -0.25) is 9.59 Å². The number of nitrogens with zero attached hydrogens (tertiary/aromatic N) is 1. The maximum atomic E-state index is 12.5. The number of rotatable bonds is 7. The zero-order valence-corrected chi connectivity index (χ0v) is 16.1. The smallest absolute Gasteiger partial charge is 0.311 e. The molecule has 7 nitrogen and oxygen atoms in total. The molecule has 1 aliphatic heterocycles. The van der Waals surface area contributed by atoms with E-state index in [9.17, 15) is 9.59 Å². The number of carbonyl (C=O) groups excluding carboxylic acids is 2. The van der Waals surface area contributed by atoms with Crippen molar-refractivity contribution in [3.05, 3.63) is 48.0 Å². The molecule has 0 spiro atoms. The number of hydrogen-bond donors (Lipinski definition) is 0. The largest absolute Gasteiger partial charge is 0.490 e. The molecule has 2 aromatic rings. The van der Waals surface area contributed by atoms with Crippen molar-refractivity contribution in [2.75, 3.05) is 20.3 Å². The minimum absolute atomic E-state index is 0.0584. The highest BCUT2D eigenvalue weighted by Crippen LogP contribution is 2.38. The normalized spacial score (nSPS) is 15.5. The molecule has 1 unspecified atom stereocenters. The van der Waals surface area contributed by atoms with Crippen molar-refractivity contribution in [2.24, 2.45) is 0 Å². The Morgan fingerprint density at radius 3 is 2.50 bits per heavy atom. The lowest BCUT2D eigenvalue weighted by molar-refractivity contribution is -0.134. The molecule has 0 radical (unpaired) electrons. The molecule has 0 aliphatic carbocycles. The Labute approximate surface area is 163 Å². The van der Waals surface area contributed by atoms with Gasteiger partial charge in [-0.25, -0.2) is 0 Å². The van der Waals surface area contributed by atoms with E-state index in [0.29, 0.717) is 29.4 Å². The van der Waals surface area contributed by atoms with Crippen LogP contribution in [-0.4, -0.2) is 43.3 Å². The van der Waals surface area contributed by atoms with Gasteiger partial charge in [-0.15, -0.1) is 0 Å². The van der Waals surface area contributed by atoms with Gasteiger partial charge in [-0.05, 0) is 31.2 Å². The first-order valence-corrected chi connectivity index (χ1v) is 9.17. The maximum Gasteiger partial charge on any atom is 0.311 e. The van der Waals surface area contributed by atoms with Crippen LogP contribution in [0.2, 0.25) is 0 Å². The number of carbonyl (C=O) groups is 2. The SMILES string of the molecule is CCOc1cccc(OCC2Oc3ccccc3C(=O)N2C)c1OC(=O)CC. The van der Waals surface area contributed by atoms with E-state index in [0.717, 1.165) is 0 Å². The summed E-state index contributed by atoms with van der Waals surface area (Å²) in [6, 6.07) is 12.2. The fourth-order valence-electron chi connectivity index (χ4n) is 2.76. The molecule has 3 rings (SSSR count). The van der Waals surface area contributed by atoms with Crippen molar-refractivity contribution in [3.63, 3.8) is 0 Å². The van der Waals surface area contributed by atoms with Crippen LogP contribution in [0.1, 0.15) is 30.6 Å². The minimum atomic E-state index is -0.618. The average molecular weight is 385 g/mol. The molecule has 1 heterocycles. The summed E-state index contributed by atoms with van der Waals surface area (Å²) in [5.41, 5.74) is 0.511. The van der Waals surface area contributed by atoms with E-state index in [1.807, 2.05) is 13.0 Å². The third-order valence-corrected chi connectivity index (χ3v) is 4.26. The number of amides is 1. The van der Waals surface area contributed by atoms with Crippen LogP contribution in [0.3, 0.4) is 0 Å². The lowest BCUT2D eigenvalue weighted by atomic mass is 10.1. The Kier molecular flexibility index (Phi) is 6.03. The van der Waals surface area contributed by atoms with Crippen molar-refractivity contribution < 1.29 is 28.5 Å². The first kappa shape index (κ1) is 19.5. The average Bonchev–Trinajstić information content (AvgIpc) is 2.71. The van der Waals surface area contributed by atoms with Gasteiger partial charge in [0.15, 0.2) is 11.5 Å². The van der Waals surface area contributed by atoms with Gasteiger partial charge >= 0.3 is 5.97 Å². The standard InChI is InChI=1S/C21H23NO6/c1-4-19(23)28-20-16(25-5-2)11-8-12-17(20)26-13-18-22(3)21(24)14-9-6-7-10-15(14)27-18/h6-12,18H,4-5,13H2,1-3H3. The zero-order valence-electron chi connectivity index (χ0n) is 16.1. The fraction of sp³-hybridized carbons (Fsp3) is 0.333. The molecule has 7 heteroatoms. The molecular weight excluding hydrogens is 362 g/mol. The molecule has 1 atom stereocenters. The predicted octanol–water partition coefficient (Wildman–Crippen LogP) is 3.27. The lowest BCUT2D eigenvalue weighted by Crippen LogP contribution is -2.48. The lowest BCUT2D eigenvalue weighted by Gasteiger charge is -2.33. The molecule has 1 amide bonds. The summed E-state index contributed by atoms with van der Waals surface area (Å²) in [7, 11) is 1.65. The molecule has 0 aromatic heterocycles. The van der Waals surface area contributed by atoms with Crippen molar-refractivity contribution in [1.82, 2.24) is 4.90 Å². The topological polar surface area (TPSA) is 74.3 Å². The molecular formula is C21H23NO6. The van der Waals surface area contributed by atoms with E-state index in [2.05, 4.69) is 0 Å².